The number of thioether (sulfide) groups is 1. The molecule has 146 valence electrons. The molecule has 1 heterocycles. The highest BCUT2D eigenvalue weighted by atomic mass is 35.5. The number of rotatable bonds is 7. The quantitative estimate of drug-likeness (QED) is 0.454. The lowest BCUT2D eigenvalue weighted by molar-refractivity contribution is 0.594. The number of primary sulfonamides is 1. The average Bonchev–Trinajstić information content (AvgIpc) is 2.65. The van der Waals surface area contributed by atoms with E-state index in [1.165, 1.54) is 23.9 Å². The number of nitrogens with zero attached hydrogens (tertiary/aromatic N) is 2. The lowest BCUT2D eigenvalue weighted by Crippen LogP contribution is -2.24. The number of halogens is 1. The predicted molar refractivity (Wildman–Crippen MR) is 113 cm³/mol. The maximum Gasteiger partial charge on any atom is 0.262 e. The predicted octanol–water partition coefficient (Wildman–Crippen LogP) is 3.13. The summed E-state index contributed by atoms with van der Waals surface area (Å²) in [6, 6.07) is 13.5. The Hall–Kier alpha value is -2.13. The topological polar surface area (TPSA) is 95.0 Å². The van der Waals surface area contributed by atoms with Crippen molar-refractivity contribution < 1.29 is 8.42 Å². The molecule has 2 aromatic carbocycles. The van der Waals surface area contributed by atoms with Crippen molar-refractivity contribution in [2.75, 3.05) is 5.75 Å². The third kappa shape index (κ3) is 4.82. The molecule has 0 aliphatic heterocycles. The van der Waals surface area contributed by atoms with Crippen LogP contribution in [0.3, 0.4) is 0 Å². The van der Waals surface area contributed by atoms with E-state index >= 15 is 0 Å². The third-order valence-corrected chi connectivity index (χ3v) is 6.34. The Morgan fingerprint density at radius 3 is 2.50 bits per heavy atom. The van der Waals surface area contributed by atoms with Crippen LogP contribution in [0.25, 0.3) is 10.9 Å². The number of hydrogen-bond acceptors (Lipinski definition) is 5. The van der Waals surface area contributed by atoms with Gasteiger partial charge in [-0.3, -0.25) is 9.36 Å². The summed E-state index contributed by atoms with van der Waals surface area (Å²) < 4.78 is 24.3. The summed E-state index contributed by atoms with van der Waals surface area (Å²) in [4.78, 5) is 17.6. The Morgan fingerprint density at radius 2 is 1.86 bits per heavy atom. The number of fused-ring (bicyclic) bond motifs is 1. The molecule has 1 aromatic heterocycles. The van der Waals surface area contributed by atoms with Crippen molar-refractivity contribution in [3.63, 3.8) is 0 Å². The van der Waals surface area contributed by atoms with Crippen LogP contribution in [-0.4, -0.2) is 23.7 Å². The van der Waals surface area contributed by atoms with Crippen molar-refractivity contribution >= 4 is 44.3 Å². The van der Waals surface area contributed by atoms with Crippen molar-refractivity contribution in [2.45, 2.75) is 23.0 Å². The first-order valence-corrected chi connectivity index (χ1v) is 11.2. The molecule has 3 aromatic rings. The number of aromatic nitrogens is 2. The van der Waals surface area contributed by atoms with E-state index in [9.17, 15) is 13.2 Å². The van der Waals surface area contributed by atoms with E-state index in [1.807, 2.05) is 6.07 Å². The molecule has 0 aliphatic rings. The zero-order chi connectivity index (χ0) is 20.3. The van der Waals surface area contributed by atoms with Gasteiger partial charge in [-0.1, -0.05) is 54.2 Å². The molecule has 0 unspecified atom stereocenters. The van der Waals surface area contributed by atoms with Crippen LogP contribution in [-0.2, 0) is 23.0 Å². The standard InChI is InChI=1S/C19H18ClN3O3S2/c1-13(20)12-27-19-22-17-5-3-2-4-16(17)18(24)23(19)11-10-14-6-8-15(9-7-14)28(21,25)26/h2-9H,1,10-12H2,(H2,21,25,26). The van der Waals surface area contributed by atoms with Gasteiger partial charge in [0, 0.05) is 17.3 Å². The molecule has 0 radical (unpaired) electrons. The third-order valence-electron chi connectivity index (χ3n) is 4.06. The second-order valence-electron chi connectivity index (χ2n) is 6.11. The smallest absolute Gasteiger partial charge is 0.262 e. The summed E-state index contributed by atoms with van der Waals surface area (Å²) >= 11 is 7.22. The van der Waals surface area contributed by atoms with E-state index in [1.54, 1.807) is 34.9 Å². The minimum Gasteiger partial charge on any atom is -0.287 e. The van der Waals surface area contributed by atoms with Gasteiger partial charge >= 0.3 is 0 Å². The second-order valence-corrected chi connectivity index (χ2v) is 9.15. The Kier molecular flexibility index (Phi) is 6.24. The first kappa shape index (κ1) is 20.6. The fraction of sp³-hybridized carbons (Fsp3) is 0.158. The van der Waals surface area contributed by atoms with Gasteiger partial charge in [0.2, 0.25) is 10.0 Å². The molecule has 0 aliphatic carbocycles. The normalized spacial score (nSPS) is 11.6. The monoisotopic (exact) mass is 435 g/mol. The van der Waals surface area contributed by atoms with Crippen molar-refractivity contribution in [3.8, 4) is 0 Å². The Bertz CT molecular complexity index is 1190. The van der Waals surface area contributed by atoms with Gasteiger partial charge in [0.25, 0.3) is 5.56 Å². The summed E-state index contributed by atoms with van der Waals surface area (Å²) in [5.41, 5.74) is 1.38. The summed E-state index contributed by atoms with van der Waals surface area (Å²) in [5.74, 6) is 0.440. The van der Waals surface area contributed by atoms with Crippen LogP contribution in [0.1, 0.15) is 5.56 Å². The summed E-state index contributed by atoms with van der Waals surface area (Å²) in [6.07, 6.45) is 0.528. The number of benzene rings is 2. The molecule has 0 saturated heterocycles. The highest BCUT2D eigenvalue weighted by Crippen LogP contribution is 2.21. The van der Waals surface area contributed by atoms with Gasteiger partial charge in [0.15, 0.2) is 5.16 Å². The van der Waals surface area contributed by atoms with Gasteiger partial charge < -0.3 is 0 Å². The molecule has 9 heteroatoms. The highest BCUT2D eigenvalue weighted by Gasteiger charge is 2.12. The Labute approximate surface area is 172 Å². The number of aryl methyl sites for hydroxylation is 1. The average molecular weight is 436 g/mol. The van der Waals surface area contributed by atoms with Crippen molar-refractivity contribution in [2.24, 2.45) is 5.14 Å². The van der Waals surface area contributed by atoms with Gasteiger partial charge in [-0.15, -0.1) is 0 Å². The Balaban J connectivity index is 1.92. The minimum absolute atomic E-state index is 0.0534. The van der Waals surface area contributed by atoms with Crippen molar-refractivity contribution in [3.05, 3.63) is 76.1 Å². The largest absolute Gasteiger partial charge is 0.287 e. The first-order valence-electron chi connectivity index (χ1n) is 8.33. The SMILES string of the molecule is C=C(Cl)CSc1nc2ccccc2c(=O)n1CCc1ccc(S(N)(=O)=O)cc1. The van der Waals surface area contributed by atoms with Gasteiger partial charge in [-0.2, -0.15) is 0 Å². The molecular weight excluding hydrogens is 418 g/mol. The Morgan fingerprint density at radius 1 is 1.18 bits per heavy atom. The lowest BCUT2D eigenvalue weighted by Gasteiger charge is -2.13. The zero-order valence-corrected chi connectivity index (χ0v) is 17.2. The molecule has 2 N–H and O–H groups in total. The summed E-state index contributed by atoms with van der Waals surface area (Å²) in [7, 11) is -3.73. The van der Waals surface area contributed by atoms with Gasteiger partial charge in [0.05, 0.1) is 15.8 Å². The number of hydrogen-bond donors (Lipinski definition) is 1. The van der Waals surface area contributed by atoms with E-state index in [0.717, 1.165) is 5.56 Å². The van der Waals surface area contributed by atoms with E-state index in [-0.39, 0.29) is 10.5 Å². The van der Waals surface area contributed by atoms with Crippen LogP contribution < -0.4 is 10.7 Å². The van der Waals surface area contributed by atoms with E-state index < -0.39 is 10.0 Å². The fourth-order valence-electron chi connectivity index (χ4n) is 2.68. The van der Waals surface area contributed by atoms with Crippen LogP contribution in [0.5, 0.6) is 0 Å². The molecule has 0 bridgehead atoms. The molecule has 0 spiro atoms. The van der Waals surface area contributed by atoms with Crippen molar-refractivity contribution in [1.82, 2.24) is 9.55 Å². The van der Waals surface area contributed by atoms with Crippen LogP contribution in [0, 0.1) is 0 Å². The van der Waals surface area contributed by atoms with Crippen molar-refractivity contribution in [1.29, 1.82) is 0 Å². The lowest BCUT2D eigenvalue weighted by atomic mass is 10.1. The summed E-state index contributed by atoms with van der Waals surface area (Å²) in [5, 5.41) is 6.69. The first-order chi connectivity index (χ1) is 13.3. The van der Waals surface area contributed by atoms with E-state index in [4.69, 9.17) is 16.7 Å². The maximum atomic E-state index is 13.0. The van der Waals surface area contributed by atoms with Gasteiger partial charge in [-0.05, 0) is 36.2 Å². The van der Waals surface area contributed by atoms with E-state index in [2.05, 4.69) is 11.6 Å². The zero-order valence-electron chi connectivity index (χ0n) is 14.8. The molecule has 6 nitrogen and oxygen atoms in total. The van der Waals surface area contributed by atoms with Crippen LogP contribution in [0.2, 0.25) is 0 Å². The summed E-state index contributed by atoms with van der Waals surface area (Å²) in [6.45, 7) is 4.07. The molecule has 0 atom stereocenters. The fourth-order valence-corrected chi connectivity index (χ4v) is 4.14. The molecule has 3 rings (SSSR count). The molecular formula is C19H18ClN3O3S2. The molecule has 28 heavy (non-hydrogen) atoms. The van der Waals surface area contributed by atoms with Crippen LogP contribution in [0.4, 0.5) is 0 Å². The second kappa shape index (κ2) is 8.48. The maximum absolute atomic E-state index is 13.0. The van der Waals surface area contributed by atoms with E-state index in [0.29, 0.717) is 39.8 Å². The number of nitrogens with two attached hydrogens (primary N) is 1. The highest BCUT2D eigenvalue weighted by molar-refractivity contribution is 7.99. The molecule has 0 fully saturated rings. The van der Waals surface area contributed by atoms with Crippen LogP contribution >= 0.6 is 23.4 Å². The van der Waals surface area contributed by atoms with Gasteiger partial charge in [0.1, 0.15) is 0 Å². The van der Waals surface area contributed by atoms with Gasteiger partial charge in [-0.25, -0.2) is 18.5 Å². The number of para-hydroxylation sites is 1. The number of sulfonamides is 1. The van der Waals surface area contributed by atoms with Crippen LogP contribution in [0.15, 0.2) is 75.0 Å². The molecule has 0 amide bonds. The minimum atomic E-state index is -3.73. The molecule has 0 saturated carbocycles.